The summed E-state index contributed by atoms with van der Waals surface area (Å²) >= 11 is 0. The Hall–Kier alpha value is -2.10. The Kier molecular flexibility index (Phi) is 2.72. The number of nitrogens with zero attached hydrogens (tertiary/aromatic N) is 3. The van der Waals surface area contributed by atoms with Gasteiger partial charge in [0.2, 0.25) is 0 Å². The molecule has 0 unspecified atom stereocenters. The third kappa shape index (κ3) is 2.11. The molecule has 0 amide bonds. The summed E-state index contributed by atoms with van der Waals surface area (Å²) in [6.07, 6.45) is 2.42. The van der Waals surface area contributed by atoms with Crippen LogP contribution in [-0.4, -0.2) is 21.2 Å². The lowest BCUT2D eigenvalue weighted by Crippen LogP contribution is -1.98. The van der Waals surface area contributed by atoms with Crippen LogP contribution in [0.5, 0.6) is 0 Å². The summed E-state index contributed by atoms with van der Waals surface area (Å²) in [6.45, 7) is 3.80. The molecule has 80 valence electrons. The van der Waals surface area contributed by atoms with E-state index in [0.29, 0.717) is 23.5 Å². The number of aryl methyl sites for hydroxylation is 2. The fraction of sp³-hybridized carbons (Fsp3) is 0.167. The number of hydrogen-bond acceptors (Lipinski definition) is 4. The van der Waals surface area contributed by atoms with Crippen molar-refractivity contribution in [2.75, 3.05) is 0 Å². The minimum absolute atomic E-state index is 0.380. The van der Waals surface area contributed by atoms with Crippen LogP contribution in [0.4, 0.5) is 0 Å². The summed E-state index contributed by atoms with van der Waals surface area (Å²) in [5.74, 6) is 0.491. The van der Waals surface area contributed by atoms with Crippen molar-refractivity contribution in [2.24, 2.45) is 0 Å². The normalized spacial score (nSPS) is 10.1. The fourth-order valence-corrected chi connectivity index (χ4v) is 1.43. The van der Waals surface area contributed by atoms with Crippen molar-refractivity contribution < 1.29 is 4.79 Å². The van der Waals surface area contributed by atoms with Gasteiger partial charge in [0.25, 0.3) is 0 Å². The summed E-state index contributed by atoms with van der Waals surface area (Å²) in [4.78, 5) is 23.3. The summed E-state index contributed by atoms with van der Waals surface area (Å²) in [6, 6.07) is 5.44. The number of carbonyl (C=O) groups excluding carboxylic acids is 1. The van der Waals surface area contributed by atoms with Gasteiger partial charge in [0.05, 0.1) is 0 Å². The van der Waals surface area contributed by atoms with Crippen LogP contribution in [0.3, 0.4) is 0 Å². The van der Waals surface area contributed by atoms with Crippen molar-refractivity contribution in [2.45, 2.75) is 13.8 Å². The van der Waals surface area contributed by atoms with Crippen molar-refractivity contribution in [3.63, 3.8) is 0 Å². The molecular weight excluding hydrogens is 202 g/mol. The van der Waals surface area contributed by atoms with Gasteiger partial charge in [-0.3, -0.25) is 9.78 Å². The molecule has 0 saturated carbocycles. The molecule has 0 atom stereocenters. The first-order chi connectivity index (χ1) is 7.69. The number of hydrogen-bond donors (Lipinski definition) is 0. The van der Waals surface area contributed by atoms with Gasteiger partial charge in [-0.05, 0) is 37.6 Å². The third-order valence-corrected chi connectivity index (χ3v) is 2.14. The standard InChI is InChI=1S/C12H11N3O/c1-8-3-4-13-11(5-8)12-14-9(2)6-10(7-16)15-12/h3-7H,1-2H3. The Morgan fingerprint density at radius 1 is 1.19 bits per heavy atom. The molecule has 4 nitrogen and oxygen atoms in total. The van der Waals surface area contributed by atoms with Crippen molar-refractivity contribution in [1.29, 1.82) is 0 Å². The zero-order valence-electron chi connectivity index (χ0n) is 9.14. The molecule has 2 heterocycles. The third-order valence-electron chi connectivity index (χ3n) is 2.14. The number of carbonyl (C=O) groups is 1. The molecule has 16 heavy (non-hydrogen) atoms. The lowest BCUT2D eigenvalue weighted by molar-refractivity contribution is 0.111. The van der Waals surface area contributed by atoms with Gasteiger partial charge in [0.15, 0.2) is 12.1 Å². The number of rotatable bonds is 2. The van der Waals surface area contributed by atoms with Crippen LogP contribution in [0.2, 0.25) is 0 Å². The zero-order valence-corrected chi connectivity index (χ0v) is 9.14. The van der Waals surface area contributed by atoms with E-state index in [1.807, 2.05) is 26.0 Å². The van der Waals surface area contributed by atoms with Gasteiger partial charge in [-0.1, -0.05) is 0 Å². The van der Waals surface area contributed by atoms with Crippen LogP contribution in [-0.2, 0) is 0 Å². The highest BCUT2D eigenvalue weighted by Gasteiger charge is 2.05. The molecule has 0 N–H and O–H groups in total. The molecule has 0 aliphatic heterocycles. The summed E-state index contributed by atoms with van der Waals surface area (Å²) in [5.41, 5.74) is 2.91. The first-order valence-corrected chi connectivity index (χ1v) is 4.93. The van der Waals surface area contributed by atoms with Crippen molar-refractivity contribution in [3.05, 3.63) is 41.3 Å². The minimum atomic E-state index is 0.380. The average Bonchev–Trinajstić information content (AvgIpc) is 2.28. The molecule has 0 spiro atoms. The summed E-state index contributed by atoms with van der Waals surface area (Å²) in [7, 11) is 0. The molecule has 0 saturated heterocycles. The summed E-state index contributed by atoms with van der Waals surface area (Å²) < 4.78 is 0. The molecule has 0 aliphatic carbocycles. The lowest BCUT2D eigenvalue weighted by atomic mass is 10.2. The van der Waals surface area contributed by atoms with Crippen LogP contribution < -0.4 is 0 Å². The molecule has 0 bridgehead atoms. The van der Waals surface area contributed by atoms with Crippen LogP contribution in [0, 0.1) is 13.8 Å². The quantitative estimate of drug-likeness (QED) is 0.715. The maximum absolute atomic E-state index is 10.7. The fourth-order valence-electron chi connectivity index (χ4n) is 1.43. The molecule has 0 aliphatic rings. The van der Waals surface area contributed by atoms with Crippen molar-refractivity contribution in [3.8, 4) is 11.5 Å². The maximum atomic E-state index is 10.7. The number of aromatic nitrogens is 3. The average molecular weight is 213 g/mol. The molecule has 2 aromatic rings. The van der Waals surface area contributed by atoms with E-state index in [0.717, 1.165) is 11.3 Å². The predicted molar refractivity (Wildman–Crippen MR) is 60.1 cm³/mol. The van der Waals surface area contributed by atoms with E-state index in [9.17, 15) is 4.79 Å². The van der Waals surface area contributed by atoms with Crippen LogP contribution >= 0.6 is 0 Å². The minimum Gasteiger partial charge on any atom is -0.296 e. The van der Waals surface area contributed by atoms with Gasteiger partial charge in [-0.25, -0.2) is 9.97 Å². The van der Waals surface area contributed by atoms with Gasteiger partial charge >= 0.3 is 0 Å². The highest BCUT2D eigenvalue weighted by Crippen LogP contribution is 2.13. The van der Waals surface area contributed by atoms with E-state index >= 15 is 0 Å². The monoisotopic (exact) mass is 213 g/mol. The van der Waals surface area contributed by atoms with Crippen LogP contribution in [0.1, 0.15) is 21.7 Å². The highest BCUT2D eigenvalue weighted by atomic mass is 16.1. The van der Waals surface area contributed by atoms with Crippen molar-refractivity contribution in [1.82, 2.24) is 15.0 Å². The molecule has 2 aromatic heterocycles. The number of aldehydes is 1. The Morgan fingerprint density at radius 2 is 2.00 bits per heavy atom. The second-order valence-corrected chi connectivity index (χ2v) is 3.59. The Morgan fingerprint density at radius 3 is 2.69 bits per heavy atom. The van der Waals surface area contributed by atoms with E-state index in [-0.39, 0.29) is 0 Å². The topological polar surface area (TPSA) is 55.7 Å². The zero-order chi connectivity index (χ0) is 11.5. The molecule has 0 fully saturated rings. The first kappa shape index (κ1) is 10.4. The number of pyridine rings is 1. The first-order valence-electron chi connectivity index (χ1n) is 4.93. The van der Waals surface area contributed by atoms with Gasteiger partial charge in [-0.15, -0.1) is 0 Å². The molecule has 0 aromatic carbocycles. The van der Waals surface area contributed by atoms with Gasteiger partial charge < -0.3 is 0 Å². The van der Waals surface area contributed by atoms with E-state index in [2.05, 4.69) is 15.0 Å². The van der Waals surface area contributed by atoms with Gasteiger partial charge in [-0.2, -0.15) is 0 Å². The Labute approximate surface area is 93.4 Å². The van der Waals surface area contributed by atoms with Crippen LogP contribution in [0.15, 0.2) is 24.4 Å². The maximum Gasteiger partial charge on any atom is 0.179 e. The van der Waals surface area contributed by atoms with E-state index in [4.69, 9.17) is 0 Å². The van der Waals surface area contributed by atoms with E-state index in [1.165, 1.54) is 0 Å². The molecule has 2 rings (SSSR count). The van der Waals surface area contributed by atoms with E-state index < -0.39 is 0 Å². The van der Waals surface area contributed by atoms with Crippen molar-refractivity contribution >= 4 is 6.29 Å². The van der Waals surface area contributed by atoms with Gasteiger partial charge in [0.1, 0.15) is 11.4 Å². The molecular formula is C12H11N3O. The summed E-state index contributed by atoms with van der Waals surface area (Å²) in [5, 5.41) is 0. The van der Waals surface area contributed by atoms with Gasteiger partial charge in [0, 0.05) is 11.9 Å². The SMILES string of the molecule is Cc1ccnc(-c2nc(C)cc(C=O)n2)c1. The predicted octanol–water partition coefficient (Wildman–Crippen LogP) is 1.97. The second kappa shape index (κ2) is 4.18. The lowest BCUT2D eigenvalue weighted by Gasteiger charge is -2.02. The largest absolute Gasteiger partial charge is 0.296 e. The molecule has 0 radical (unpaired) electrons. The van der Waals surface area contributed by atoms with Crippen LogP contribution in [0.25, 0.3) is 11.5 Å². The smallest absolute Gasteiger partial charge is 0.179 e. The Balaban J connectivity index is 2.55. The highest BCUT2D eigenvalue weighted by molar-refractivity contribution is 5.73. The molecule has 4 heteroatoms. The Bertz CT molecular complexity index is 538. The second-order valence-electron chi connectivity index (χ2n) is 3.59. The van der Waals surface area contributed by atoms with E-state index in [1.54, 1.807) is 12.3 Å².